The summed E-state index contributed by atoms with van der Waals surface area (Å²) in [6, 6.07) is 3.70. The maximum atomic E-state index is 14.1. The van der Waals surface area contributed by atoms with Crippen LogP contribution in [0.5, 0.6) is 0 Å². The van der Waals surface area contributed by atoms with E-state index in [4.69, 9.17) is 10.5 Å². The van der Waals surface area contributed by atoms with Gasteiger partial charge >= 0.3 is 6.18 Å². The number of hydrogen-bond donors (Lipinski definition) is 2. The van der Waals surface area contributed by atoms with E-state index in [1.165, 1.54) is 12.1 Å². The molecule has 0 aliphatic carbocycles. The van der Waals surface area contributed by atoms with Gasteiger partial charge in [-0.1, -0.05) is 12.6 Å². The predicted octanol–water partition coefficient (Wildman–Crippen LogP) is 3.55. The zero-order chi connectivity index (χ0) is 27.4. The summed E-state index contributed by atoms with van der Waals surface area (Å²) in [4.78, 5) is 21.2. The van der Waals surface area contributed by atoms with E-state index in [2.05, 4.69) is 16.9 Å². The molecule has 2 unspecified atom stereocenters. The van der Waals surface area contributed by atoms with Crippen molar-refractivity contribution in [1.82, 2.24) is 15.1 Å². The average Bonchev–Trinajstić information content (AvgIpc) is 2.91. The smallest absolute Gasteiger partial charge is 0.390 e. The number of carbonyl (C=O) groups excluding carboxylic acids is 1. The number of rotatable bonds is 6. The third-order valence-electron chi connectivity index (χ3n) is 7.64. The SMILES string of the molecule is C=C(/C(C)=C(\N=C/N)C(=O)N1CCC(NC2CCOCC2F)CC1)N1CCc2ccc(C(F)(F)F)cc2C1. The number of aliphatic imine (C=N–C) groups is 1. The summed E-state index contributed by atoms with van der Waals surface area (Å²) in [5.74, 6) is -0.282. The van der Waals surface area contributed by atoms with Crippen molar-refractivity contribution in [2.75, 3.05) is 32.8 Å². The molecule has 3 heterocycles. The van der Waals surface area contributed by atoms with Crippen LogP contribution in [0.4, 0.5) is 17.6 Å². The van der Waals surface area contributed by atoms with E-state index < -0.39 is 17.9 Å². The van der Waals surface area contributed by atoms with Crippen LogP contribution in [0.25, 0.3) is 0 Å². The molecule has 3 N–H and O–H groups in total. The van der Waals surface area contributed by atoms with Gasteiger partial charge in [0.15, 0.2) is 0 Å². The molecule has 0 aromatic heterocycles. The summed E-state index contributed by atoms with van der Waals surface area (Å²) in [5.41, 5.74) is 7.55. The van der Waals surface area contributed by atoms with E-state index in [1.807, 2.05) is 4.90 Å². The molecule has 1 amide bonds. The number of alkyl halides is 4. The second-order valence-electron chi connectivity index (χ2n) is 10.1. The van der Waals surface area contributed by atoms with Crippen molar-refractivity contribution in [1.29, 1.82) is 0 Å². The van der Waals surface area contributed by atoms with Crippen LogP contribution >= 0.6 is 0 Å². The number of fused-ring (bicyclic) bond motifs is 1. The lowest BCUT2D eigenvalue weighted by Gasteiger charge is -2.37. The first-order valence-electron chi connectivity index (χ1n) is 12.9. The molecular weight excluding hydrogens is 502 g/mol. The maximum absolute atomic E-state index is 14.1. The van der Waals surface area contributed by atoms with Crippen molar-refractivity contribution < 1.29 is 27.1 Å². The number of nitrogens with two attached hydrogens (primary N) is 1. The number of hydrogen-bond acceptors (Lipinski definition) is 5. The van der Waals surface area contributed by atoms with E-state index in [-0.39, 0.29) is 36.8 Å². The number of likely N-dealkylation sites (tertiary alicyclic amines) is 1. The van der Waals surface area contributed by atoms with E-state index in [1.54, 1.807) is 11.8 Å². The Bertz CT molecular complexity index is 1100. The van der Waals surface area contributed by atoms with E-state index in [0.717, 1.165) is 18.0 Å². The highest BCUT2D eigenvalue weighted by atomic mass is 19.4. The summed E-state index contributed by atoms with van der Waals surface area (Å²) in [5, 5.41) is 3.38. The van der Waals surface area contributed by atoms with Gasteiger partial charge in [0, 0.05) is 56.1 Å². The molecular formula is C27H35F4N5O2. The molecule has 3 aliphatic rings. The molecule has 2 fully saturated rings. The first-order chi connectivity index (χ1) is 18.1. The second kappa shape index (κ2) is 11.9. The number of piperidine rings is 1. The summed E-state index contributed by atoms with van der Waals surface area (Å²) in [6.45, 7) is 8.29. The van der Waals surface area contributed by atoms with E-state index >= 15 is 0 Å². The van der Waals surface area contributed by atoms with Crippen molar-refractivity contribution in [3.8, 4) is 0 Å². The fourth-order valence-corrected chi connectivity index (χ4v) is 5.32. The highest BCUT2D eigenvalue weighted by molar-refractivity contribution is 5.95. The molecule has 0 radical (unpaired) electrons. The number of nitrogens with one attached hydrogen (secondary N) is 1. The van der Waals surface area contributed by atoms with Crippen LogP contribution < -0.4 is 11.1 Å². The van der Waals surface area contributed by atoms with Crippen molar-refractivity contribution in [2.45, 2.75) is 63.6 Å². The molecule has 0 saturated carbocycles. The molecule has 208 valence electrons. The van der Waals surface area contributed by atoms with Gasteiger partial charge in [-0.3, -0.25) is 4.79 Å². The minimum atomic E-state index is -4.42. The van der Waals surface area contributed by atoms with Crippen molar-refractivity contribution >= 4 is 12.2 Å². The Morgan fingerprint density at radius 1 is 1.18 bits per heavy atom. The summed E-state index contributed by atoms with van der Waals surface area (Å²) in [7, 11) is 0. The average molecular weight is 538 g/mol. The van der Waals surface area contributed by atoms with Gasteiger partial charge in [0.2, 0.25) is 0 Å². The first kappa shape index (κ1) is 28.1. The van der Waals surface area contributed by atoms with Crippen LogP contribution in [0, 0.1) is 0 Å². The van der Waals surface area contributed by atoms with Crippen LogP contribution in [0.2, 0.25) is 0 Å². The van der Waals surface area contributed by atoms with Crippen LogP contribution in [-0.4, -0.2) is 73.1 Å². The number of benzene rings is 1. The summed E-state index contributed by atoms with van der Waals surface area (Å²) < 4.78 is 59.0. The first-order valence-corrected chi connectivity index (χ1v) is 12.9. The summed E-state index contributed by atoms with van der Waals surface area (Å²) in [6.07, 6.45) is -1.84. The molecule has 4 rings (SSSR count). The Balaban J connectivity index is 1.42. The number of halogens is 4. The van der Waals surface area contributed by atoms with Gasteiger partial charge in [-0.05, 0) is 55.9 Å². The zero-order valence-corrected chi connectivity index (χ0v) is 21.6. The number of ether oxygens (including phenoxy) is 1. The van der Waals surface area contributed by atoms with E-state index in [0.29, 0.717) is 68.8 Å². The van der Waals surface area contributed by atoms with Crippen molar-refractivity contribution in [2.24, 2.45) is 10.7 Å². The molecule has 3 aliphatic heterocycles. The fourth-order valence-electron chi connectivity index (χ4n) is 5.32. The van der Waals surface area contributed by atoms with Gasteiger partial charge in [-0.25, -0.2) is 9.38 Å². The van der Waals surface area contributed by atoms with Crippen LogP contribution in [0.15, 0.2) is 46.7 Å². The predicted molar refractivity (Wildman–Crippen MR) is 137 cm³/mol. The Morgan fingerprint density at radius 2 is 1.92 bits per heavy atom. The fraction of sp³-hybridized carbons (Fsp3) is 0.556. The van der Waals surface area contributed by atoms with Crippen molar-refractivity contribution in [3.63, 3.8) is 0 Å². The van der Waals surface area contributed by atoms with Gasteiger partial charge in [-0.15, -0.1) is 0 Å². The Labute approximate surface area is 220 Å². The molecule has 0 bridgehead atoms. The standard InChI is InChI=1S/C27H35F4N5O2/c1-17(18(2)36-9-5-19-3-4-21(27(29,30)31)13-20(19)14-36)25(33-16-32)26(37)35-10-6-22(7-11-35)34-24-8-12-38-15-23(24)28/h3-4,13,16,22-24,34H,2,5-12,14-15H2,1H3,(H2,32,33)/b25-17-. The topological polar surface area (TPSA) is 83.2 Å². The van der Waals surface area contributed by atoms with Gasteiger partial charge < -0.3 is 25.6 Å². The minimum absolute atomic E-state index is 0.107. The molecule has 0 spiro atoms. The lowest BCUT2D eigenvalue weighted by molar-refractivity contribution is -0.137. The molecule has 11 heteroatoms. The van der Waals surface area contributed by atoms with E-state index in [9.17, 15) is 22.4 Å². The Hall–Kier alpha value is -2.92. The monoisotopic (exact) mass is 537 g/mol. The lowest BCUT2D eigenvalue weighted by Crippen LogP contribution is -2.52. The largest absolute Gasteiger partial charge is 0.416 e. The highest BCUT2D eigenvalue weighted by Crippen LogP contribution is 2.33. The molecule has 1 aromatic carbocycles. The molecule has 2 saturated heterocycles. The normalized spacial score (nSPS) is 23.8. The minimum Gasteiger partial charge on any atom is -0.390 e. The number of carbonyl (C=O) groups is 1. The number of amides is 1. The third-order valence-corrected chi connectivity index (χ3v) is 7.64. The third kappa shape index (κ3) is 6.37. The van der Waals surface area contributed by atoms with Crippen LogP contribution in [0.3, 0.4) is 0 Å². The van der Waals surface area contributed by atoms with Gasteiger partial charge in [0.25, 0.3) is 5.91 Å². The number of allylic oxidation sites excluding steroid dienone is 1. The molecule has 2 atom stereocenters. The lowest BCUT2D eigenvalue weighted by atomic mass is 9.96. The number of nitrogens with zero attached hydrogens (tertiary/aromatic N) is 3. The Kier molecular flexibility index (Phi) is 8.77. The van der Waals surface area contributed by atoms with Gasteiger partial charge in [0.1, 0.15) is 11.9 Å². The molecule has 7 nitrogen and oxygen atoms in total. The molecule has 1 aromatic rings. The van der Waals surface area contributed by atoms with Crippen molar-refractivity contribution in [3.05, 3.63) is 58.4 Å². The molecule has 38 heavy (non-hydrogen) atoms. The quantitative estimate of drug-likeness (QED) is 0.191. The summed E-state index contributed by atoms with van der Waals surface area (Å²) >= 11 is 0. The van der Waals surface area contributed by atoms with Crippen LogP contribution in [-0.2, 0) is 28.7 Å². The second-order valence-corrected chi connectivity index (χ2v) is 10.1. The maximum Gasteiger partial charge on any atom is 0.416 e. The van der Waals surface area contributed by atoms with Gasteiger partial charge in [-0.2, -0.15) is 13.2 Å². The van der Waals surface area contributed by atoms with Crippen LogP contribution in [0.1, 0.15) is 42.9 Å². The Morgan fingerprint density at radius 3 is 2.58 bits per heavy atom. The highest BCUT2D eigenvalue weighted by Gasteiger charge is 2.33. The van der Waals surface area contributed by atoms with Gasteiger partial charge in [0.05, 0.1) is 18.5 Å². The zero-order valence-electron chi connectivity index (χ0n) is 21.6.